The van der Waals surface area contributed by atoms with E-state index < -0.39 is 5.76 Å². The van der Waals surface area contributed by atoms with Crippen LogP contribution >= 0.6 is 23.1 Å². The Morgan fingerprint density at radius 3 is 2.72 bits per heavy atom. The summed E-state index contributed by atoms with van der Waals surface area (Å²) in [5, 5.41) is 3.16. The van der Waals surface area contributed by atoms with E-state index >= 15 is 0 Å². The molecule has 0 bridgehead atoms. The van der Waals surface area contributed by atoms with Gasteiger partial charge in [-0.15, -0.1) is 0 Å². The van der Waals surface area contributed by atoms with Crippen molar-refractivity contribution in [2.24, 2.45) is 0 Å². The maximum absolute atomic E-state index is 12.4. The van der Waals surface area contributed by atoms with Crippen molar-refractivity contribution in [2.75, 3.05) is 11.9 Å². The number of carbonyl (C=O) groups is 1. The second-order valence-electron chi connectivity index (χ2n) is 4.94. The number of nitrogens with one attached hydrogen (secondary N) is 1. The first-order chi connectivity index (χ1) is 12.0. The van der Waals surface area contributed by atoms with Gasteiger partial charge in [0.25, 0.3) is 11.7 Å². The van der Waals surface area contributed by atoms with E-state index in [2.05, 4.69) is 10.3 Å². The first-order valence-electron chi connectivity index (χ1n) is 7.45. The van der Waals surface area contributed by atoms with Crippen molar-refractivity contribution in [3.8, 4) is 5.75 Å². The number of nitrogens with zero attached hydrogens (tertiary/aromatic N) is 1. The van der Waals surface area contributed by atoms with Gasteiger partial charge in [0.05, 0.1) is 16.8 Å². The quantitative estimate of drug-likeness (QED) is 0.593. The molecule has 0 aliphatic carbocycles. The number of benzene rings is 2. The molecule has 25 heavy (non-hydrogen) atoms. The number of rotatable bonds is 6. The van der Waals surface area contributed by atoms with Crippen LogP contribution in [0.15, 0.2) is 47.4 Å². The van der Waals surface area contributed by atoms with E-state index in [4.69, 9.17) is 4.74 Å². The highest BCUT2D eigenvalue weighted by Gasteiger charge is 2.12. The van der Waals surface area contributed by atoms with Crippen molar-refractivity contribution in [2.45, 2.75) is 17.6 Å². The Labute approximate surface area is 151 Å². The summed E-state index contributed by atoms with van der Waals surface area (Å²) in [6.45, 7) is 2.45. The number of aromatic nitrogens is 1. The molecule has 8 heteroatoms. The van der Waals surface area contributed by atoms with Crippen molar-refractivity contribution in [1.82, 2.24) is 4.98 Å². The molecule has 0 saturated carbocycles. The Morgan fingerprint density at radius 1 is 1.28 bits per heavy atom. The summed E-state index contributed by atoms with van der Waals surface area (Å²) in [5.41, 5.74) is 1.14. The highest BCUT2D eigenvalue weighted by Crippen LogP contribution is 2.32. The standard InChI is InChI=1S/C17H14F2N2O2S2/c1-2-23-11-5-3-10(4-6-11)15(22)21-17-20-13-8-7-12(24-16(18)19)9-14(13)25-17/h3-9,16H,2H2,1H3,(H,20,21,22). The van der Waals surface area contributed by atoms with Gasteiger partial charge in [-0.05, 0) is 49.4 Å². The van der Waals surface area contributed by atoms with Crippen molar-refractivity contribution >= 4 is 44.4 Å². The number of thiazole rings is 1. The van der Waals surface area contributed by atoms with Gasteiger partial charge in [0.2, 0.25) is 0 Å². The molecule has 0 aliphatic heterocycles. The lowest BCUT2D eigenvalue weighted by molar-refractivity contribution is 0.102. The molecule has 0 saturated heterocycles. The van der Waals surface area contributed by atoms with Crippen LogP contribution in [0.5, 0.6) is 5.75 Å². The van der Waals surface area contributed by atoms with Gasteiger partial charge < -0.3 is 4.74 Å². The molecule has 0 aliphatic rings. The molecule has 1 amide bonds. The lowest BCUT2D eigenvalue weighted by atomic mass is 10.2. The molecular weight excluding hydrogens is 366 g/mol. The van der Waals surface area contributed by atoms with Gasteiger partial charge in [-0.1, -0.05) is 23.1 Å². The number of amides is 1. The van der Waals surface area contributed by atoms with Crippen LogP contribution in [0.3, 0.4) is 0 Å². The Kier molecular flexibility index (Phi) is 5.50. The van der Waals surface area contributed by atoms with Gasteiger partial charge in [0.15, 0.2) is 5.13 Å². The molecule has 0 radical (unpaired) electrons. The van der Waals surface area contributed by atoms with E-state index in [9.17, 15) is 13.6 Å². The molecular formula is C17H14F2N2O2S2. The van der Waals surface area contributed by atoms with Gasteiger partial charge in [-0.25, -0.2) is 4.98 Å². The number of fused-ring (bicyclic) bond motifs is 1. The number of alkyl halides is 2. The fourth-order valence-corrected chi connectivity index (χ4v) is 3.69. The Bertz CT molecular complexity index is 882. The normalized spacial score (nSPS) is 11.0. The molecule has 0 fully saturated rings. The fourth-order valence-electron chi connectivity index (χ4n) is 2.17. The Balaban J connectivity index is 1.74. The van der Waals surface area contributed by atoms with Crippen molar-refractivity contribution in [3.63, 3.8) is 0 Å². The smallest absolute Gasteiger partial charge is 0.288 e. The number of hydrogen-bond donors (Lipinski definition) is 1. The lowest BCUT2D eigenvalue weighted by Gasteiger charge is -2.04. The molecule has 1 heterocycles. The van der Waals surface area contributed by atoms with E-state index in [0.29, 0.717) is 45.2 Å². The van der Waals surface area contributed by atoms with Crippen molar-refractivity contribution < 1.29 is 18.3 Å². The van der Waals surface area contributed by atoms with E-state index in [0.717, 1.165) is 4.70 Å². The van der Waals surface area contributed by atoms with Gasteiger partial charge in [0.1, 0.15) is 5.75 Å². The second-order valence-corrected chi connectivity index (χ2v) is 7.03. The monoisotopic (exact) mass is 380 g/mol. The number of anilines is 1. The number of carbonyl (C=O) groups excluding carboxylic acids is 1. The van der Waals surface area contributed by atoms with Gasteiger partial charge in [-0.2, -0.15) is 8.78 Å². The molecule has 3 rings (SSSR count). The highest BCUT2D eigenvalue weighted by atomic mass is 32.2. The fraction of sp³-hybridized carbons (Fsp3) is 0.176. The third kappa shape index (κ3) is 4.46. The SMILES string of the molecule is CCOc1ccc(C(=O)Nc2nc3ccc(SC(F)F)cc3s2)cc1. The van der Waals surface area contributed by atoms with E-state index in [1.165, 1.54) is 11.3 Å². The van der Waals surface area contributed by atoms with Crippen LogP contribution in [-0.2, 0) is 0 Å². The first kappa shape index (κ1) is 17.6. The molecule has 0 atom stereocenters. The third-order valence-corrected chi connectivity index (χ3v) is 4.87. The van der Waals surface area contributed by atoms with Crippen LogP contribution in [0.4, 0.5) is 13.9 Å². The minimum absolute atomic E-state index is 0.288. The Hall–Kier alpha value is -2.19. The van der Waals surface area contributed by atoms with Crippen molar-refractivity contribution in [1.29, 1.82) is 0 Å². The molecule has 130 valence electrons. The van der Waals surface area contributed by atoms with Gasteiger partial charge in [0, 0.05) is 10.5 Å². The average molecular weight is 380 g/mol. The second kappa shape index (κ2) is 7.79. The molecule has 3 aromatic rings. The molecule has 0 spiro atoms. The largest absolute Gasteiger partial charge is 0.494 e. The minimum atomic E-state index is -2.47. The van der Waals surface area contributed by atoms with Crippen LogP contribution in [0.1, 0.15) is 17.3 Å². The maximum Gasteiger partial charge on any atom is 0.288 e. The van der Waals surface area contributed by atoms with Crippen LogP contribution < -0.4 is 10.1 Å². The number of hydrogen-bond acceptors (Lipinski definition) is 5. The summed E-state index contributed by atoms with van der Waals surface area (Å²) in [4.78, 5) is 17.1. The zero-order chi connectivity index (χ0) is 17.8. The third-order valence-electron chi connectivity index (χ3n) is 3.23. The molecule has 4 nitrogen and oxygen atoms in total. The van der Waals surface area contributed by atoms with Crippen LogP contribution in [0, 0.1) is 0 Å². The minimum Gasteiger partial charge on any atom is -0.494 e. The van der Waals surface area contributed by atoms with Crippen molar-refractivity contribution in [3.05, 3.63) is 48.0 Å². The summed E-state index contributed by atoms with van der Waals surface area (Å²) >= 11 is 1.73. The molecule has 1 aromatic heterocycles. The topological polar surface area (TPSA) is 51.2 Å². The van der Waals surface area contributed by atoms with Gasteiger partial charge in [-0.3, -0.25) is 10.1 Å². The first-order valence-corrected chi connectivity index (χ1v) is 9.14. The summed E-state index contributed by atoms with van der Waals surface area (Å²) in [7, 11) is 0. The van der Waals surface area contributed by atoms with E-state index in [1.807, 2.05) is 6.92 Å². The van der Waals surface area contributed by atoms with Crippen LogP contribution in [0.2, 0.25) is 0 Å². The maximum atomic E-state index is 12.4. The van der Waals surface area contributed by atoms with E-state index in [-0.39, 0.29) is 5.91 Å². The highest BCUT2D eigenvalue weighted by molar-refractivity contribution is 7.99. The van der Waals surface area contributed by atoms with Gasteiger partial charge >= 0.3 is 0 Å². The lowest BCUT2D eigenvalue weighted by Crippen LogP contribution is -2.11. The van der Waals surface area contributed by atoms with Crippen LogP contribution in [-0.4, -0.2) is 23.3 Å². The summed E-state index contributed by atoms with van der Waals surface area (Å²) < 4.78 is 31.0. The summed E-state index contributed by atoms with van der Waals surface area (Å²) in [6, 6.07) is 11.7. The predicted octanol–water partition coefficient (Wildman–Crippen LogP) is 5.26. The number of halogens is 2. The Morgan fingerprint density at radius 2 is 2.04 bits per heavy atom. The number of ether oxygens (including phenoxy) is 1. The summed E-state index contributed by atoms with van der Waals surface area (Å²) in [5.74, 6) is -2.06. The molecule has 1 N–H and O–H groups in total. The zero-order valence-electron chi connectivity index (χ0n) is 13.2. The average Bonchev–Trinajstić information content (AvgIpc) is 2.96. The van der Waals surface area contributed by atoms with Crippen LogP contribution in [0.25, 0.3) is 10.2 Å². The molecule has 2 aromatic carbocycles. The number of thioether (sulfide) groups is 1. The molecule has 0 unspecified atom stereocenters. The predicted molar refractivity (Wildman–Crippen MR) is 97.0 cm³/mol. The van der Waals surface area contributed by atoms with E-state index in [1.54, 1.807) is 42.5 Å². The zero-order valence-corrected chi connectivity index (χ0v) is 14.8. The summed E-state index contributed by atoms with van der Waals surface area (Å²) in [6.07, 6.45) is 0.